The van der Waals surface area contributed by atoms with Gasteiger partial charge in [0.25, 0.3) is 11.8 Å². The third kappa shape index (κ3) is 24.4. The zero-order valence-electron chi connectivity index (χ0n) is 72.0. The number of nitrogens with zero attached hydrogens (tertiary/aromatic N) is 4. The molecule has 2 aromatic heterocycles. The van der Waals surface area contributed by atoms with Crippen LogP contribution in [-0.4, -0.2) is 198 Å². The molecule has 0 bridgehead atoms. The Morgan fingerprint density at radius 3 is 1.27 bits per heavy atom. The van der Waals surface area contributed by atoms with E-state index < -0.39 is 150 Å². The van der Waals surface area contributed by atoms with Crippen LogP contribution in [0.1, 0.15) is 244 Å². The van der Waals surface area contributed by atoms with E-state index in [1.807, 2.05) is 64.1 Å². The number of carbonyl (C=O) groups excluding carboxylic acids is 8. The Hall–Kier alpha value is -9.09. The van der Waals surface area contributed by atoms with Crippen LogP contribution in [-0.2, 0) is 72.0 Å². The molecule has 0 spiro atoms. The number of hydrogen-bond acceptors (Lipinski definition) is 24. The van der Waals surface area contributed by atoms with Gasteiger partial charge in [0.15, 0.2) is 0 Å². The minimum Gasteiger partial charge on any atom is -0.497 e. The van der Waals surface area contributed by atoms with Crippen LogP contribution in [0.25, 0.3) is 21.5 Å². The molecule has 8 fully saturated rings. The van der Waals surface area contributed by atoms with Crippen LogP contribution in [0.15, 0.2) is 60.9 Å². The molecule has 2 aromatic carbocycles. The van der Waals surface area contributed by atoms with Gasteiger partial charge in [-0.25, -0.2) is 47.0 Å². The number of methoxy groups -OCH3 is 2. The molecular formula is C85H124N10O23S2. The Balaban J connectivity index is 0.000000212. The van der Waals surface area contributed by atoms with Gasteiger partial charge in [-0.15, -0.1) is 0 Å². The highest BCUT2D eigenvalue weighted by Crippen LogP contribution is 2.50. The lowest BCUT2D eigenvalue weighted by Crippen LogP contribution is -2.59. The number of benzene rings is 2. The van der Waals surface area contributed by atoms with Crippen LogP contribution in [0.2, 0.25) is 0 Å². The molecule has 33 nitrogen and oxygen atoms in total. The quantitative estimate of drug-likeness (QED) is 0.0238. The zero-order chi connectivity index (χ0) is 87.7. The number of pyridine rings is 2. The number of nitrogens with one attached hydrogen (secondary N) is 6. The van der Waals surface area contributed by atoms with E-state index >= 15 is 0 Å². The van der Waals surface area contributed by atoms with Crippen molar-refractivity contribution in [1.29, 1.82) is 0 Å². The Labute approximate surface area is 704 Å². The van der Waals surface area contributed by atoms with Gasteiger partial charge in [-0.1, -0.05) is 91.9 Å². The summed E-state index contributed by atoms with van der Waals surface area (Å²) in [7, 11) is -5.72. The molecule has 2 saturated heterocycles. The van der Waals surface area contributed by atoms with E-state index in [0.717, 1.165) is 80.4 Å². The van der Waals surface area contributed by atoms with Crippen molar-refractivity contribution < 1.29 is 107 Å². The fraction of sp³-hybridized carbons (Fsp3) is 0.682. The fourth-order valence-corrected chi connectivity index (χ4v) is 19.2. The van der Waals surface area contributed by atoms with Gasteiger partial charge in [0, 0.05) is 36.0 Å². The summed E-state index contributed by atoms with van der Waals surface area (Å²) in [5, 5.41) is 23.3. The third-order valence-electron chi connectivity index (χ3n) is 23.3. The van der Waals surface area contributed by atoms with Crippen LogP contribution in [0.5, 0.6) is 23.3 Å². The maximum atomic E-state index is 14.8. The average molecular weight is 1720 g/mol. The number of fused-ring (bicyclic) bond motifs is 2. The summed E-state index contributed by atoms with van der Waals surface area (Å²) in [6.45, 7) is 23.3. The van der Waals surface area contributed by atoms with Crippen molar-refractivity contribution in [3.8, 4) is 23.3 Å². The molecule has 0 unspecified atom stereocenters. The molecule has 8 amide bonds. The highest BCUT2D eigenvalue weighted by Gasteiger charge is 2.64. The summed E-state index contributed by atoms with van der Waals surface area (Å²) in [5.74, 6) is -3.26. The molecule has 4 aromatic rings. The number of alkyl carbamates (subject to hydrolysis) is 2. The van der Waals surface area contributed by atoms with Crippen LogP contribution in [0.3, 0.4) is 0 Å². The van der Waals surface area contributed by atoms with Gasteiger partial charge in [0.1, 0.15) is 75.8 Å². The fourth-order valence-electron chi connectivity index (χ4n) is 16.9. The topological polar surface area (TPSA) is 430 Å². The van der Waals surface area contributed by atoms with Gasteiger partial charge in [0.2, 0.25) is 29.5 Å². The normalized spacial score (nSPS) is 24.2. The SMILES string of the molecule is CC(C)(C)OC(=O)N[C@H](C(=O)O)C1CCCCC1.CCCC1(OS(=O)(=O)NC(=O)[C@@]2(NC(=O)[C@@H]3C[C@@H](Oc4nccc5cc(OC)ccc45)CN3C(=O)OC(C)(C)C)C[C@H]2CC)CC1.CCCC1(OS(=O)(=O)NC(=O)[C@@]2(NC(=O)[C@@H]3C[C@@H](Oc4nccc5cc(OC)ccc45)CN3C(=O)[C@@H](NC(=O)OC(C)(C)C)C3CCCCC3)C[C@H]2CC)CC1. The first-order valence-corrected chi connectivity index (χ1v) is 45.2. The Bertz CT molecular complexity index is 4610. The summed E-state index contributed by atoms with van der Waals surface area (Å²) in [5.41, 5.74) is -6.81. The van der Waals surface area contributed by atoms with E-state index in [1.165, 1.54) is 9.80 Å². The van der Waals surface area contributed by atoms with Gasteiger partial charge < -0.3 is 64.4 Å². The predicted molar refractivity (Wildman–Crippen MR) is 443 cm³/mol. The van der Waals surface area contributed by atoms with E-state index in [2.05, 4.69) is 40.7 Å². The summed E-state index contributed by atoms with van der Waals surface area (Å²) >= 11 is 0. The second-order valence-electron chi connectivity index (χ2n) is 36.2. The monoisotopic (exact) mass is 1720 g/mol. The number of rotatable bonds is 30. The lowest BCUT2D eigenvalue weighted by Gasteiger charge is -2.35. The van der Waals surface area contributed by atoms with Crippen molar-refractivity contribution in [3.63, 3.8) is 0 Å². The smallest absolute Gasteiger partial charge is 0.411 e. The first-order chi connectivity index (χ1) is 56.4. The number of ether oxygens (including phenoxy) is 7. The Kier molecular flexibility index (Phi) is 29.6. The molecule has 2 aliphatic heterocycles. The summed E-state index contributed by atoms with van der Waals surface area (Å²) in [6, 6.07) is 10.6. The van der Waals surface area contributed by atoms with E-state index in [9.17, 15) is 65.1 Å². The summed E-state index contributed by atoms with van der Waals surface area (Å²) < 4.78 is 107. The third-order valence-corrected chi connectivity index (χ3v) is 25.3. The van der Waals surface area contributed by atoms with Crippen LogP contribution in [0, 0.1) is 23.7 Å². The number of carboxylic acids is 1. The lowest BCUT2D eigenvalue weighted by atomic mass is 9.83. The molecule has 4 heterocycles. The highest BCUT2D eigenvalue weighted by atomic mass is 32.2. The van der Waals surface area contributed by atoms with Crippen molar-refractivity contribution in [2.24, 2.45) is 23.7 Å². The minimum absolute atomic E-state index is 0.0114. The van der Waals surface area contributed by atoms with Gasteiger partial charge in [-0.3, -0.25) is 28.9 Å². The summed E-state index contributed by atoms with van der Waals surface area (Å²) in [6.07, 6.45) is 15.5. The number of aromatic nitrogens is 2. The molecule has 120 heavy (non-hydrogen) atoms. The van der Waals surface area contributed by atoms with Gasteiger partial charge >= 0.3 is 44.9 Å². The minimum atomic E-state index is -4.47. The lowest BCUT2D eigenvalue weighted by molar-refractivity contribution is -0.142. The number of carbonyl (C=O) groups is 9. The molecule has 10 atom stereocenters. The molecule has 8 aliphatic rings. The van der Waals surface area contributed by atoms with Crippen molar-refractivity contribution in [1.82, 2.24) is 50.5 Å². The molecule has 0 radical (unpaired) electrons. The number of aliphatic carboxylic acids is 1. The van der Waals surface area contributed by atoms with E-state index in [0.29, 0.717) is 92.9 Å². The first kappa shape index (κ1) is 93.2. The van der Waals surface area contributed by atoms with Crippen molar-refractivity contribution >= 4 is 95.9 Å². The van der Waals surface area contributed by atoms with Crippen LogP contribution >= 0.6 is 0 Å². The zero-order valence-corrected chi connectivity index (χ0v) is 73.6. The molecule has 12 rings (SSSR count). The summed E-state index contributed by atoms with van der Waals surface area (Å²) in [4.78, 5) is 131. The highest BCUT2D eigenvalue weighted by molar-refractivity contribution is 7.85. The maximum absolute atomic E-state index is 14.8. The van der Waals surface area contributed by atoms with Crippen molar-refractivity contribution in [3.05, 3.63) is 60.9 Å². The Morgan fingerprint density at radius 2 is 0.908 bits per heavy atom. The van der Waals surface area contributed by atoms with Crippen LogP contribution < -0.4 is 49.7 Å². The number of hydrogen-bond donors (Lipinski definition) is 7. The first-order valence-electron chi connectivity index (χ1n) is 42.3. The molecule has 6 saturated carbocycles. The van der Waals surface area contributed by atoms with Gasteiger partial charge in [0.05, 0.1) is 38.5 Å². The molecule has 6 aliphatic carbocycles. The van der Waals surface area contributed by atoms with Crippen LogP contribution in [0.4, 0.5) is 14.4 Å². The standard InChI is InChI=1S/C40H57N5O10S.C32H44N4O9S.C13H23NO4/c1-7-17-39(18-19-39)55-56(50,51)44-36(48)40(23-27(40)8-2)43-33(46)31-22-29(53-34-30-15-14-28(52-6)21-26(30)16-20-41-34)24-45(31)35(47)32(25-12-10-9-11-13-25)42-37(49)54-38(3,4)5;1-7-12-31(13-14-31)45-46(40,41)35-28(38)32(18-21(32)8-2)34-26(37)25-17-23(19-36(25)29(39)44-30(3,4)5)43-27-24-10-9-22(42-6)16-20(24)11-15-33-27;1-13(2,3)18-12(17)14-10(11(15)16)9-7-5-4-6-8-9/h14-16,20-21,25,27,29,31-32H,7-13,17-19,22-24H2,1-6H3,(H,42,49)(H,43,46)(H,44,48);9-11,15-16,21,23,25H,7-8,12-14,17-19H2,1-6H3,(H,34,37)(H,35,38);9-10H,4-8H2,1-3H3,(H,14,17)(H,15,16)/t27-,29-,31+,32+,40-;21-,23-,25+,32-;10-/m110/s1. The number of carboxylic acid groups (broad SMARTS) is 1. The largest absolute Gasteiger partial charge is 0.497 e. The van der Waals surface area contributed by atoms with Crippen molar-refractivity contribution in [2.45, 2.75) is 320 Å². The molecule has 7 N–H and O–H groups in total. The molecule has 35 heteroatoms. The Morgan fingerprint density at radius 1 is 0.525 bits per heavy atom. The van der Waals surface area contributed by atoms with Crippen molar-refractivity contribution in [2.75, 3.05) is 27.3 Å². The maximum Gasteiger partial charge on any atom is 0.411 e. The van der Waals surface area contributed by atoms with Gasteiger partial charge in [-0.2, -0.15) is 16.8 Å². The van der Waals surface area contributed by atoms with Gasteiger partial charge in [-0.05, 0) is 222 Å². The molecule has 664 valence electrons. The van der Waals surface area contributed by atoms with E-state index in [4.69, 9.17) is 41.5 Å². The number of likely N-dealkylation sites (tertiary alicyclic amines) is 2. The number of amides is 8. The van der Waals surface area contributed by atoms with E-state index in [-0.39, 0.29) is 62.4 Å². The second kappa shape index (κ2) is 38.1. The average Bonchev–Trinajstić information content (AvgIpc) is 1.57. The molecular weight excluding hydrogens is 1590 g/mol. The van der Waals surface area contributed by atoms with E-state index in [1.54, 1.807) is 101 Å². The second-order valence-corrected chi connectivity index (χ2v) is 38.8. The predicted octanol–water partition coefficient (Wildman–Crippen LogP) is 11.6.